The van der Waals surface area contributed by atoms with Gasteiger partial charge in [0, 0.05) is 18.8 Å². The fourth-order valence-corrected chi connectivity index (χ4v) is 2.68. The molecule has 98 valence electrons. The first-order valence-electron chi connectivity index (χ1n) is 6.47. The maximum absolute atomic E-state index is 8.85. The van der Waals surface area contributed by atoms with Gasteiger partial charge < -0.3 is 15.8 Å². The predicted molar refractivity (Wildman–Crippen MR) is 72.0 cm³/mol. The van der Waals surface area contributed by atoms with Crippen LogP contribution in [0.3, 0.4) is 0 Å². The molecule has 0 aromatic carbocycles. The van der Waals surface area contributed by atoms with E-state index in [2.05, 4.69) is 22.0 Å². The molecule has 1 saturated carbocycles. The fraction of sp³-hybridized carbons (Fsp3) is 0.538. The number of hydrogen-bond acceptors (Lipinski definition) is 4. The second-order valence-corrected chi connectivity index (χ2v) is 4.58. The quantitative estimate of drug-likeness (QED) is 0.369. The second kappa shape index (κ2) is 5.71. The number of nitrogens with zero attached hydrogens (tertiary/aromatic N) is 3. The lowest BCUT2D eigenvalue weighted by Gasteiger charge is -2.30. The van der Waals surface area contributed by atoms with Crippen LogP contribution in [0.4, 0.5) is 5.82 Å². The molecule has 5 nitrogen and oxygen atoms in total. The second-order valence-electron chi connectivity index (χ2n) is 4.58. The van der Waals surface area contributed by atoms with Crippen LogP contribution in [0.5, 0.6) is 0 Å². The van der Waals surface area contributed by atoms with Gasteiger partial charge in [-0.05, 0) is 31.9 Å². The van der Waals surface area contributed by atoms with E-state index < -0.39 is 0 Å². The molecular weight excluding hydrogens is 228 g/mol. The van der Waals surface area contributed by atoms with E-state index in [1.807, 2.05) is 6.07 Å². The highest BCUT2D eigenvalue weighted by Gasteiger charge is 2.24. The first-order chi connectivity index (χ1) is 8.77. The molecular formula is C13H20N4O. The summed E-state index contributed by atoms with van der Waals surface area (Å²) in [5, 5.41) is 11.9. The zero-order valence-electron chi connectivity index (χ0n) is 10.7. The molecule has 0 unspecified atom stereocenters. The number of hydrogen-bond donors (Lipinski definition) is 2. The molecule has 0 atom stereocenters. The standard InChI is InChI=1S/C13H20N4O/c1-2-17(10-6-3-4-7-10)13-11(12(14)16-18)8-5-9-15-13/h5,8-10,18H,2-4,6-7H2,1H3,(H2,14,16). The summed E-state index contributed by atoms with van der Waals surface area (Å²) in [6.45, 7) is 3.00. The summed E-state index contributed by atoms with van der Waals surface area (Å²) in [5.41, 5.74) is 6.42. The van der Waals surface area contributed by atoms with Gasteiger partial charge in [0.2, 0.25) is 0 Å². The molecule has 2 rings (SSSR count). The third-order valence-corrected chi connectivity index (χ3v) is 3.55. The lowest BCUT2D eigenvalue weighted by molar-refractivity contribution is 0.318. The van der Waals surface area contributed by atoms with Gasteiger partial charge in [0.1, 0.15) is 5.82 Å². The highest BCUT2D eigenvalue weighted by atomic mass is 16.4. The van der Waals surface area contributed by atoms with E-state index in [4.69, 9.17) is 10.9 Å². The minimum Gasteiger partial charge on any atom is -0.409 e. The summed E-state index contributed by atoms with van der Waals surface area (Å²) in [6, 6.07) is 4.17. The van der Waals surface area contributed by atoms with Gasteiger partial charge in [-0.25, -0.2) is 4.98 Å². The van der Waals surface area contributed by atoms with Crippen molar-refractivity contribution in [1.29, 1.82) is 0 Å². The smallest absolute Gasteiger partial charge is 0.173 e. The van der Waals surface area contributed by atoms with Crippen LogP contribution in [0.15, 0.2) is 23.5 Å². The van der Waals surface area contributed by atoms with Gasteiger partial charge in [-0.2, -0.15) is 0 Å². The Morgan fingerprint density at radius 2 is 2.28 bits per heavy atom. The Labute approximate surface area is 107 Å². The summed E-state index contributed by atoms with van der Waals surface area (Å²) >= 11 is 0. The highest BCUT2D eigenvalue weighted by molar-refractivity contribution is 6.01. The molecule has 0 bridgehead atoms. The number of amidine groups is 1. The Balaban J connectivity index is 2.35. The molecule has 5 heteroatoms. The summed E-state index contributed by atoms with van der Waals surface area (Å²) in [4.78, 5) is 6.68. The first kappa shape index (κ1) is 12.7. The van der Waals surface area contributed by atoms with Crippen LogP contribution in [-0.4, -0.2) is 28.6 Å². The van der Waals surface area contributed by atoms with Crippen LogP contribution in [0.2, 0.25) is 0 Å². The average Bonchev–Trinajstić information content (AvgIpc) is 2.93. The van der Waals surface area contributed by atoms with Crippen molar-refractivity contribution in [2.24, 2.45) is 10.9 Å². The van der Waals surface area contributed by atoms with Crippen molar-refractivity contribution in [1.82, 2.24) is 4.98 Å². The summed E-state index contributed by atoms with van der Waals surface area (Å²) in [5.74, 6) is 0.941. The number of rotatable bonds is 4. The lowest BCUT2D eigenvalue weighted by Crippen LogP contribution is -2.35. The number of nitrogens with two attached hydrogens (primary N) is 1. The minimum atomic E-state index is 0.120. The van der Waals surface area contributed by atoms with Gasteiger partial charge in [0.25, 0.3) is 0 Å². The van der Waals surface area contributed by atoms with Crippen molar-refractivity contribution in [3.8, 4) is 0 Å². The number of pyridine rings is 1. The van der Waals surface area contributed by atoms with Gasteiger partial charge in [-0.3, -0.25) is 0 Å². The molecule has 0 amide bonds. The fourth-order valence-electron chi connectivity index (χ4n) is 2.68. The Hall–Kier alpha value is -1.78. The molecule has 0 aliphatic heterocycles. The highest BCUT2D eigenvalue weighted by Crippen LogP contribution is 2.28. The van der Waals surface area contributed by atoms with Gasteiger partial charge in [0.15, 0.2) is 5.84 Å². The third-order valence-electron chi connectivity index (χ3n) is 3.55. The van der Waals surface area contributed by atoms with E-state index in [0.717, 1.165) is 12.4 Å². The first-order valence-corrected chi connectivity index (χ1v) is 6.47. The molecule has 18 heavy (non-hydrogen) atoms. The number of oxime groups is 1. The van der Waals surface area contributed by atoms with Crippen molar-refractivity contribution in [3.63, 3.8) is 0 Å². The zero-order valence-corrected chi connectivity index (χ0v) is 10.7. The van der Waals surface area contributed by atoms with Crippen molar-refractivity contribution in [2.45, 2.75) is 38.6 Å². The SMILES string of the molecule is CCN(c1ncccc1/C(N)=N/O)C1CCCC1. The summed E-state index contributed by atoms with van der Waals surface area (Å²) < 4.78 is 0. The molecule has 1 heterocycles. The molecule has 0 spiro atoms. The van der Waals surface area contributed by atoms with Crippen molar-refractivity contribution in [2.75, 3.05) is 11.4 Å². The lowest BCUT2D eigenvalue weighted by atomic mass is 10.1. The predicted octanol–water partition coefficient (Wildman–Crippen LogP) is 1.95. The zero-order chi connectivity index (χ0) is 13.0. The molecule has 0 saturated heterocycles. The van der Waals surface area contributed by atoms with Crippen LogP contribution in [0.25, 0.3) is 0 Å². The molecule has 1 aromatic heterocycles. The van der Waals surface area contributed by atoms with Gasteiger partial charge in [-0.15, -0.1) is 0 Å². The van der Waals surface area contributed by atoms with E-state index in [9.17, 15) is 0 Å². The van der Waals surface area contributed by atoms with Crippen molar-refractivity contribution >= 4 is 11.7 Å². The summed E-state index contributed by atoms with van der Waals surface area (Å²) in [6.07, 6.45) is 6.68. The number of aromatic nitrogens is 1. The maximum atomic E-state index is 8.85. The van der Waals surface area contributed by atoms with Crippen LogP contribution in [0.1, 0.15) is 38.2 Å². The topological polar surface area (TPSA) is 74.7 Å². The molecule has 1 fully saturated rings. The Kier molecular flexibility index (Phi) is 4.02. The Bertz CT molecular complexity index is 427. The van der Waals surface area contributed by atoms with E-state index >= 15 is 0 Å². The van der Waals surface area contributed by atoms with Crippen LogP contribution >= 0.6 is 0 Å². The molecule has 1 aliphatic rings. The van der Waals surface area contributed by atoms with Crippen LogP contribution < -0.4 is 10.6 Å². The normalized spacial score (nSPS) is 17.1. The molecule has 0 radical (unpaired) electrons. The van der Waals surface area contributed by atoms with Crippen molar-refractivity contribution in [3.05, 3.63) is 23.9 Å². The Morgan fingerprint density at radius 1 is 1.56 bits per heavy atom. The van der Waals surface area contributed by atoms with E-state index in [-0.39, 0.29) is 5.84 Å². The monoisotopic (exact) mass is 248 g/mol. The van der Waals surface area contributed by atoms with Crippen molar-refractivity contribution < 1.29 is 5.21 Å². The van der Waals surface area contributed by atoms with Gasteiger partial charge in [0.05, 0.1) is 5.56 Å². The largest absolute Gasteiger partial charge is 0.409 e. The number of anilines is 1. The Morgan fingerprint density at radius 3 is 2.89 bits per heavy atom. The average molecular weight is 248 g/mol. The van der Waals surface area contributed by atoms with Crippen LogP contribution in [0, 0.1) is 0 Å². The van der Waals surface area contributed by atoms with Gasteiger partial charge in [-0.1, -0.05) is 18.0 Å². The molecule has 1 aliphatic carbocycles. The third kappa shape index (κ3) is 2.39. The van der Waals surface area contributed by atoms with E-state index in [0.29, 0.717) is 11.6 Å². The van der Waals surface area contributed by atoms with E-state index in [1.54, 1.807) is 12.3 Å². The maximum Gasteiger partial charge on any atom is 0.173 e. The molecule has 1 aromatic rings. The summed E-state index contributed by atoms with van der Waals surface area (Å²) in [7, 11) is 0. The van der Waals surface area contributed by atoms with Crippen LogP contribution in [-0.2, 0) is 0 Å². The minimum absolute atomic E-state index is 0.120. The van der Waals surface area contributed by atoms with E-state index in [1.165, 1.54) is 25.7 Å². The van der Waals surface area contributed by atoms with Gasteiger partial charge >= 0.3 is 0 Å². The molecule has 3 N–H and O–H groups in total.